The Bertz CT molecular complexity index is 1920. The molecule has 424 valence electrons. The summed E-state index contributed by atoms with van der Waals surface area (Å²) in [6.45, 7) is 4.06. The zero-order valence-electron chi connectivity index (χ0n) is 46.6. The van der Waals surface area contributed by atoms with Crippen LogP contribution in [0, 0.1) is 0 Å². The third kappa shape index (κ3) is 53.7. The van der Waals surface area contributed by atoms with Crippen LogP contribution in [0.25, 0.3) is 0 Å². The number of unbranched alkanes of at least 4 members (excludes halogenated alkanes) is 4. The van der Waals surface area contributed by atoms with Gasteiger partial charge in [-0.05, 0) is 122 Å². The standard InChI is InChI=1S/C64H97O11P/c1-4-7-10-13-16-19-22-25-27-29-30-32-34-37-40-43-46-49-52-55-64(68)75-61(57-71-62(66)53-50-47-44-41-38-35-24-21-18-15-12-9-6-3)59-73-76(69,70)72-58-60(56-65)74-63(67)54-51-48-45-42-39-36-33-31-28-26-23-20-17-14-11-8-5-2/h7-12,16-21,25-28,30,32-33,35-38,40,44,46-47,49,60-61,65H,4-6,13-15,22-24,29,31,34,39,41-43,45,48,50-59H2,1-3H3,(H,69,70)/b10-7-,11-8-,12-9-,19-16-,20-17-,21-18-,27-25-,28-26-,32-30-,36-33-,38-35-,40-37-,47-44-,49-46-. The van der Waals surface area contributed by atoms with Crippen LogP contribution in [-0.2, 0) is 42.2 Å². The summed E-state index contributed by atoms with van der Waals surface area (Å²) < 4.78 is 39.3. The van der Waals surface area contributed by atoms with Gasteiger partial charge in [-0.25, -0.2) is 4.57 Å². The number of aliphatic hydroxyl groups is 1. The average Bonchev–Trinajstić information content (AvgIpc) is 3.41. The monoisotopic (exact) mass is 1070 g/mol. The van der Waals surface area contributed by atoms with E-state index in [1.807, 2.05) is 24.3 Å². The highest BCUT2D eigenvalue weighted by Gasteiger charge is 2.28. The molecule has 12 heteroatoms. The molecule has 0 spiro atoms. The van der Waals surface area contributed by atoms with Crippen LogP contribution in [0.3, 0.4) is 0 Å². The summed E-state index contributed by atoms with van der Waals surface area (Å²) >= 11 is 0. The highest BCUT2D eigenvalue weighted by molar-refractivity contribution is 7.47. The molecule has 76 heavy (non-hydrogen) atoms. The van der Waals surface area contributed by atoms with Gasteiger partial charge in [0, 0.05) is 19.3 Å². The van der Waals surface area contributed by atoms with Gasteiger partial charge < -0.3 is 24.2 Å². The predicted molar refractivity (Wildman–Crippen MR) is 315 cm³/mol. The molecule has 0 aliphatic carbocycles. The molecule has 0 aliphatic heterocycles. The van der Waals surface area contributed by atoms with Crippen molar-refractivity contribution in [3.05, 3.63) is 170 Å². The zero-order valence-corrected chi connectivity index (χ0v) is 47.5. The van der Waals surface area contributed by atoms with Crippen molar-refractivity contribution in [2.45, 2.75) is 187 Å². The topological polar surface area (TPSA) is 155 Å². The van der Waals surface area contributed by atoms with E-state index in [9.17, 15) is 28.9 Å². The average molecular weight is 1070 g/mol. The Balaban J connectivity index is 4.94. The van der Waals surface area contributed by atoms with Crippen LogP contribution in [0.4, 0.5) is 0 Å². The number of phosphoric ester groups is 1. The number of aliphatic hydroxyl groups excluding tert-OH is 1. The Morgan fingerprint density at radius 2 is 0.671 bits per heavy atom. The van der Waals surface area contributed by atoms with E-state index >= 15 is 0 Å². The summed E-state index contributed by atoms with van der Waals surface area (Å²) in [5.41, 5.74) is 0. The molecule has 0 radical (unpaired) electrons. The van der Waals surface area contributed by atoms with Crippen molar-refractivity contribution < 1.29 is 52.2 Å². The van der Waals surface area contributed by atoms with E-state index in [1.165, 1.54) is 0 Å². The second-order valence-corrected chi connectivity index (χ2v) is 19.1. The molecule has 0 saturated carbocycles. The molecular formula is C64H97O11P. The maximum absolute atomic E-state index is 12.9. The van der Waals surface area contributed by atoms with Crippen LogP contribution in [0.15, 0.2) is 170 Å². The fourth-order valence-corrected chi connectivity index (χ4v) is 7.29. The van der Waals surface area contributed by atoms with E-state index in [4.69, 9.17) is 23.3 Å². The largest absolute Gasteiger partial charge is 0.472 e. The molecule has 0 aromatic heterocycles. The number of ether oxygens (including phenoxy) is 3. The lowest BCUT2D eigenvalue weighted by atomic mass is 10.1. The lowest BCUT2D eigenvalue weighted by Gasteiger charge is -2.21. The van der Waals surface area contributed by atoms with Gasteiger partial charge in [-0.2, -0.15) is 0 Å². The Morgan fingerprint density at radius 3 is 1.05 bits per heavy atom. The summed E-state index contributed by atoms with van der Waals surface area (Å²) in [5, 5.41) is 9.81. The first-order valence-electron chi connectivity index (χ1n) is 28.0. The first-order chi connectivity index (χ1) is 37.2. The summed E-state index contributed by atoms with van der Waals surface area (Å²) in [6.07, 6.45) is 74.9. The van der Waals surface area contributed by atoms with E-state index in [2.05, 4.69) is 167 Å². The van der Waals surface area contributed by atoms with Crippen molar-refractivity contribution in [1.29, 1.82) is 0 Å². The van der Waals surface area contributed by atoms with Crippen LogP contribution in [-0.4, -0.2) is 66.5 Å². The first kappa shape index (κ1) is 70.8. The fourth-order valence-electron chi connectivity index (χ4n) is 6.50. The molecule has 11 nitrogen and oxygen atoms in total. The van der Waals surface area contributed by atoms with Crippen LogP contribution in [0.2, 0.25) is 0 Å². The summed E-state index contributed by atoms with van der Waals surface area (Å²) in [4.78, 5) is 48.4. The number of hydrogen-bond acceptors (Lipinski definition) is 10. The number of carbonyl (C=O) groups excluding carboxylic acids is 3. The minimum absolute atomic E-state index is 0.0152. The fraction of sp³-hybridized carbons (Fsp3) is 0.516. The molecule has 0 aromatic carbocycles. The minimum Gasteiger partial charge on any atom is -0.462 e. The van der Waals surface area contributed by atoms with Crippen molar-refractivity contribution in [2.75, 3.05) is 26.4 Å². The van der Waals surface area contributed by atoms with E-state index in [-0.39, 0.29) is 19.3 Å². The summed E-state index contributed by atoms with van der Waals surface area (Å²) in [6, 6.07) is 0. The van der Waals surface area contributed by atoms with Gasteiger partial charge in [0.05, 0.1) is 19.8 Å². The SMILES string of the molecule is CC/C=C\C/C=C\C/C=C\C/C=C\C/C=C\C/C=C\CCC(=O)OC(COC(=O)CC/C=C\C/C=C\C/C=C\C/C=C\CC)COP(=O)(O)OCC(CO)OC(=O)CCCCCC/C=C\C/C=C\C/C=C\C/C=C\CC. The highest BCUT2D eigenvalue weighted by atomic mass is 31.2. The van der Waals surface area contributed by atoms with Crippen LogP contribution in [0.1, 0.15) is 175 Å². The molecule has 0 fully saturated rings. The van der Waals surface area contributed by atoms with Crippen molar-refractivity contribution in [2.24, 2.45) is 0 Å². The van der Waals surface area contributed by atoms with Crippen molar-refractivity contribution in [1.82, 2.24) is 0 Å². The van der Waals surface area contributed by atoms with Gasteiger partial charge >= 0.3 is 25.7 Å². The predicted octanol–water partition coefficient (Wildman–Crippen LogP) is 16.7. The van der Waals surface area contributed by atoms with E-state index < -0.39 is 64.4 Å². The quantitative estimate of drug-likeness (QED) is 0.0197. The number of rotatable bonds is 49. The van der Waals surface area contributed by atoms with Gasteiger partial charge in [0.15, 0.2) is 6.10 Å². The molecule has 3 atom stereocenters. The van der Waals surface area contributed by atoms with Gasteiger partial charge in [-0.15, -0.1) is 0 Å². The van der Waals surface area contributed by atoms with Crippen molar-refractivity contribution in [3.8, 4) is 0 Å². The molecule has 0 bridgehead atoms. The van der Waals surface area contributed by atoms with Gasteiger partial charge in [-0.3, -0.25) is 23.4 Å². The lowest BCUT2D eigenvalue weighted by Crippen LogP contribution is -2.30. The number of carbonyl (C=O) groups is 3. The molecule has 0 aromatic rings. The van der Waals surface area contributed by atoms with Crippen LogP contribution >= 0.6 is 7.82 Å². The second kappa shape index (κ2) is 56.1. The maximum atomic E-state index is 12.9. The molecule has 0 rings (SSSR count). The normalized spacial score (nSPS) is 14.6. The maximum Gasteiger partial charge on any atom is 0.472 e. The Kier molecular flexibility index (Phi) is 52.2. The Morgan fingerprint density at radius 1 is 0.368 bits per heavy atom. The molecular weight excluding hydrogens is 976 g/mol. The lowest BCUT2D eigenvalue weighted by molar-refractivity contribution is -0.161. The third-order valence-corrected chi connectivity index (χ3v) is 11.6. The van der Waals surface area contributed by atoms with Crippen molar-refractivity contribution >= 4 is 25.7 Å². The molecule has 0 amide bonds. The molecule has 3 unspecified atom stereocenters. The summed E-state index contributed by atoms with van der Waals surface area (Å²) in [5.74, 6) is -1.72. The van der Waals surface area contributed by atoms with Crippen LogP contribution in [0.5, 0.6) is 0 Å². The van der Waals surface area contributed by atoms with Gasteiger partial charge in [-0.1, -0.05) is 204 Å². The smallest absolute Gasteiger partial charge is 0.462 e. The number of hydrogen-bond donors (Lipinski definition) is 2. The van der Waals surface area contributed by atoms with E-state index in [1.54, 1.807) is 0 Å². The van der Waals surface area contributed by atoms with Crippen LogP contribution < -0.4 is 0 Å². The first-order valence-corrected chi connectivity index (χ1v) is 29.5. The number of phosphoric acid groups is 1. The molecule has 0 saturated heterocycles. The second-order valence-electron chi connectivity index (χ2n) is 17.6. The Labute approximate surface area is 459 Å². The zero-order chi connectivity index (χ0) is 55.5. The van der Waals surface area contributed by atoms with Gasteiger partial charge in [0.2, 0.25) is 0 Å². The van der Waals surface area contributed by atoms with Gasteiger partial charge in [0.25, 0.3) is 0 Å². The van der Waals surface area contributed by atoms with E-state index in [0.717, 1.165) is 109 Å². The number of allylic oxidation sites excluding steroid dienone is 28. The number of esters is 3. The molecule has 0 aliphatic rings. The molecule has 2 N–H and O–H groups in total. The third-order valence-electron chi connectivity index (χ3n) is 10.6. The highest BCUT2D eigenvalue weighted by Crippen LogP contribution is 2.43. The Hall–Kier alpha value is -5.16. The summed E-state index contributed by atoms with van der Waals surface area (Å²) in [7, 11) is -4.80. The molecule has 0 heterocycles. The van der Waals surface area contributed by atoms with E-state index in [0.29, 0.717) is 25.7 Å². The van der Waals surface area contributed by atoms with Gasteiger partial charge in [0.1, 0.15) is 12.7 Å². The van der Waals surface area contributed by atoms with Crippen molar-refractivity contribution in [3.63, 3.8) is 0 Å². The minimum atomic E-state index is -4.80.